The van der Waals surface area contributed by atoms with Crippen molar-refractivity contribution in [2.24, 2.45) is 0 Å². The lowest BCUT2D eigenvalue weighted by Crippen LogP contribution is -2.39. The fourth-order valence-corrected chi connectivity index (χ4v) is 2.15. The van der Waals surface area contributed by atoms with Gasteiger partial charge in [0.2, 0.25) is 5.91 Å². The van der Waals surface area contributed by atoms with Crippen molar-refractivity contribution in [1.29, 1.82) is 0 Å². The van der Waals surface area contributed by atoms with Gasteiger partial charge >= 0.3 is 12.2 Å². The Balaban J connectivity index is 1.86. The van der Waals surface area contributed by atoms with Gasteiger partial charge in [0, 0.05) is 25.1 Å². The summed E-state index contributed by atoms with van der Waals surface area (Å²) < 4.78 is 36.6. The minimum atomic E-state index is -4.21. The van der Waals surface area contributed by atoms with Crippen LogP contribution in [0.25, 0.3) is 0 Å². The highest BCUT2D eigenvalue weighted by Crippen LogP contribution is 2.23. The molecule has 1 aliphatic rings. The van der Waals surface area contributed by atoms with E-state index in [4.69, 9.17) is 0 Å². The Hall–Kier alpha value is -2.25. The number of carbonyl (C=O) groups excluding carboxylic acids is 2. The minimum absolute atomic E-state index is 0.126. The van der Waals surface area contributed by atoms with Gasteiger partial charge < -0.3 is 16.0 Å². The summed E-state index contributed by atoms with van der Waals surface area (Å²) >= 11 is 0. The van der Waals surface area contributed by atoms with E-state index in [1.54, 1.807) is 18.2 Å². The third kappa shape index (κ3) is 5.27. The van der Waals surface area contributed by atoms with Crippen molar-refractivity contribution in [2.75, 3.05) is 11.9 Å². The minimum Gasteiger partial charge on any atom is -0.354 e. The molecule has 8 heteroatoms. The second kappa shape index (κ2) is 6.67. The van der Waals surface area contributed by atoms with Crippen LogP contribution in [0.4, 0.5) is 23.7 Å². The lowest BCUT2D eigenvalue weighted by Gasteiger charge is -2.12. The number of nitrogens with one attached hydrogen (secondary N) is 3. The van der Waals surface area contributed by atoms with Gasteiger partial charge in [0.1, 0.15) is 0 Å². The zero-order valence-electron chi connectivity index (χ0n) is 11.7. The summed E-state index contributed by atoms with van der Waals surface area (Å²) in [6, 6.07) is 5.49. The van der Waals surface area contributed by atoms with Crippen LogP contribution >= 0.6 is 0 Å². The van der Waals surface area contributed by atoms with E-state index in [0.29, 0.717) is 17.8 Å². The first-order valence-electron chi connectivity index (χ1n) is 6.82. The van der Waals surface area contributed by atoms with Gasteiger partial charge in [-0.1, -0.05) is 12.1 Å². The smallest absolute Gasteiger partial charge is 0.354 e. The summed E-state index contributed by atoms with van der Waals surface area (Å²) in [5.74, 6) is -0.126. The van der Waals surface area contributed by atoms with E-state index in [9.17, 15) is 22.8 Å². The van der Waals surface area contributed by atoms with Crippen molar-refractivity contribution in [2.45, 2.75) is 31.5 Å². The fraction of sp³-hybridized carbons (Fsp3) is 0.429. The van der Waals surface area contributed by atoms with Crippen LogP contribution in [0.15, 0.2) is 24.3 Å². The van der Waals surface area contributed by atoms with Crippen LogP contribution < -0.4 is 16.0 Å². The molecule has 1 heterocycles. The number of alkyl halides is 3. The van der Waals surface area contributed by atoms with Crippen LogP contribution in [0.3, 0.4) is 0 Å². The number of halogens is 3. The maximum Gasteiger partial charge on any atom is 0.389 e. The van der Waals surface area contributed by atoms with E-state index in [1.165, 1.54) is 6.07 Å². The van der Waals surface area contributed by atoms with Gasteiger partial charge in [0.05, 0.1) is 6.04 Å². The first-order chi connectivity index (χ1) is 10.3. The Kier molecular flexibility index (Phi) is 4.89. The van der Waals surface area contributed by atoms with E-state index >= 15 is 0 Å². The molecule has 1 fully saturated rings. The molecule has 1 aliphatic heterocycles. The number of urea groups is 1. The van der Waals surface area contributed by atoms with E-state index in [-0.39, 0.29) is 24.8 Å². The highest BCUT2D eigenvalue weighted by molar-refractivity contribution is 5.90. The lowest BCUT2D eigenvalue weighted by atomic mass is 10.1. The lowest BCUT2D eigenvalue weighted by molar-refractivity contribution is -0.134. The number of hydrogen-bond acceptors (Lipinski definition) is 2. The Morgan fingerprint density at radius 1 is 1.36 bits per heavy atom. The van der Waals surface area contributed by atoms with Crippen LogP contribution in [-0.4, -0.2) is 30.7 Å². The van der Waals surface area contributed by atoms with E-state index in [2.05, 4.69) is 16.0 Å². The molecule has 0 aromatic heterocycles. The molecule has 0 radical (unpaired) electrons. The zero-order chi connectivity index (χ0) is 16.2. The van der Waals surface area contributed by atoms with Gasteiger partial charge in [-0.2, -0.15) is 13.2 Å². The molecule has 0 unspecified atom stereocenters. The van der Waals surface area contributed by atoms with Crippen molar-refractivity contribution in [3.63, 3.8) is 0 Å². The Labute approximate surface area is 125 Å². The van der Waals surface area contributed by atoms with Gasteiger partial charge in [0.15, 0.2) is 0 Å². The number of anilines is 1. The normalized spacial score (nSPS) is 18.0. The van der Waals surface area contributed by atoms with Crippen molar-refractivity contribution >= 4 is 17.6 Å². The second-order valence-corrected chi connectivity index (χ2v) is 5.12. The van der Waals surface area contributed by atoms with Crippen LogP contribution in [0.1, 0.15) is 18.4 Å². The molecular formula is C14H16F3N3O2. The summed E-state index contributed by atoms with van der Waals surface area (Å²) in [7, 11) is 0. The third-order valence-electron chi connectivity index (χ3n) is 3.19. The summed E-state index contributed by atoms with van der Waals surface area (Å²) in [5, 5.41) is 7.76. The number of benzene rings is 1. The number of carbonyl (C=O) groups is 2. The summed E-state index contributed by atoms with van der Waals surface area (Å²) in [5.41, 5.74) is 0.905. The Morgan fingerprint density at radius 3 is 2.77 bits per heavy atom. The predicted octanol–water partition coefficient (Wildman–Crippen LogP) is 2.19. The molecule has 5 nitrogen and oxygen atoms in total. The summed E-state index contributed by atoms with van der Waals surface area (Å²) in [4.78, 5) is 22.8. The average Bonchev–Trinajstić information content (AvgIpc) is 2.81. The molecule has 120 valence electrons. The van der Waals surface area contributed by atoms with Crippen molar-refractivity contribution in [1.82, 2.24) is 10.6 Å². The fourth-order valence-electron chi connectivity index (χ4n) is 2.15. The molecule has 1 aromatic carbocycles. The molecular weight excluding hydrogens is 299 g/mol. The van der Waals surface area contributed by atoms with Crippen LogP contribution in [0.2, 0.25) is 0 Å². The van der Waals surface area contributed by atoms with Gasteiger partial charge in [-0.25, -0.2) is 4.79 Å². The van der Waals surface area contributed by atoms with Crippen LogP contribution in [0.5, 0.6) is 0 Å². The molecule has 1 atom stereocenters. The summed E-state index contributed by atoms with van der Waals surface area (Å²) in [6.07, 6.45) is -5.03. The zero-order valence-corrected chi connectivity index (χ0v) is 11.7. The number of amides is 3. The van der Waals surface area contributed by atoms with Crippen molar-refractivity contribution in [3.8, 4) is 0 Å². The van der Waals surface area contributed by atoms with Crippen LogP contribution in [0, 0.1) is 0 Å². The molecule has 22 heavy (non-hydrogen) atoms. The maximum atomic E-state index is 12.2. The largest absolute Gasteiger partial charge is 0.389 e. The highest BCUT2D eigenvalue weighted by Gasteiger charge is 2.26. The molecule has 0 bridgehead atoms. The SMILES string of the molecule is O=C1C[C@H](NC(=O)Nc2cccc(CCC(F)(F)F)c2)CN1. The summed E-state index contributed by atoms with van der Waals surface area (Å²) in [6.45, 7) is 0.373. The van der Waals surface area contributed by atoms with Gasteiger partial charge in [-0.3, -0.25) is 4.79 Å². The maximum absolute atomic E-state index is 12.2. The average molecular weight is 315 g/mol. The Bertz CT molecular complexity index is 561. The highest BCUT2D eigenvalue weighted by atomic mass is 19.4. The molecule has 3 N–H and O–H groups in total. The Morgan fingerprint density at radius 2 is 2.14 bits per heavy atom. The molecule has 1 saturated heterocycles. The molecule has 2 rings (SSSR count). The predicted molar refractivity (Wildman–Crippen MR) is 74.4 cm³/mol. The number of rotatable bonds is 4. The van der Waals surface area contributed by atoms with Gasteiger partial charge in [0.25, 0.3) is 0 Å². The van der Waals surface area contributed by atoms with Crippen molar-refractivity contribution in [3.05, 3.63) is 29.8 Å². The topological polar surface area (TPSA) is 70.2 Å². The van der Waals surface area contributed by atoms with Crippen molar-refractivity contribution < 1.29 is 22.8 Å². The molecule has 3 amide bonds. The molecule has 0 spiro atoms. The number of hydrogen-bond donors (Lipinski definition) is 3. The standard InChI is InChI=1S/C14H16F3N3O2/c15-14(16,17)5-4-9-2-1-3-10(6-9)19-13(22)20-11-7-12(21)18-8-11/h1-3,6,11H,4-5,7-8H2,(H,18,21)(H2,19,20,22)/t11-/m0/s1. The molecule has 0 aliphatic carbocycles. The number of aryl methyl sites for hydroxylation is 1. The second-order valence-electron chi connectivity index (χ2n) is 5.12. The first kappa shape index (κ1) is 16.1. The van der Waals surface area contributed by atoms with E-state index in [1.807, 2.05) is 0 Å². The first-order valence-corrected chi connectivity index (χ1v) is 6.82. The van der Waals surface area contributed by atoms with E-state index in [0.717, 1.165) is 0 Å². The molecule has 0 saturated carbocycles. The van der Waals surface area contributed by atoms with E-state index < -0.39 is 18.6 Å². The van der Waals surface area contributed by atoms with Crippen LogP contribution in [-0.2, 0) is 11.2 Å². The quantitative estimate of drug-likeness (QED) is 0.797. The molecule has 1 aromatic rings. The monoisotopic (exact) mass is 315 g/mol. The van der Waals surface area contributed by atoms with Gasteiger partial charge in [-0.05, 0) is 24.1 Å². The third-order valence-corrected chi connectivity index (χ3v) is 3.19. The van der Waals surface area contributed by atoms with Gasteiger partial charge in [-0.15, -0.1) is 0 Å².